The second-order valence-electron chi connectivity index (χ2n) is 5.12. The molecule has 1 aromatic heterocycles. The molecule has 0 spiro atoms. The molecule has 1 aliphatic rings. The SMILES string of the molecule is O=C(O)c1cn(C2CCCC2)nc1-c1ccc(Br)cc1. The van der Waals surface area contributed by atoms with Crippen LogP contribution in [0.4, 0.5) is 0 Å². The van der Waals surface area contributed by atoms with Crippen molar-refractivity contribution in [2.45, 2.75) is 31.7 Å². The molecule has 2 aromatic rings. The van der Waals surface area contributed by atoms with Gasteiger partial charge in [0.2, 0.25) is 0 Å². The molecule has 0 atom stereocenters. The Hall–Kier alpha value is -1.62. The number of aromatic carboxylic acids is 1. The molecule has 1 N–H and O–H groups in total. The molecule has 1 aliphatic carbocycles. The van der Waals surface area contributed by atoms with E-state index in [0.717, 1.165) is 22.9 Å². The van der Waals surface area contributed by atoms with Gasteiger partial charge in [-0.3, -0.25) is 4.68 Å². The molecule has 1 heterocycles. The molecule has 1 fully saturated rings. The molecule has 0 unspecified atom stereocenters. The molecule has 0 saturated heterocycles. The maximum atomic E-state index is 11.4. The Labute approximate surface area is 125 Å². The highest BCUT2D eigenvalue weighted by molar-refractivity contribution is 9.10. The first-order chi connectivity index (χ1) is 9.65. The third-order valence-corrected chi connectivity index (χ3v) is 4.31. The van der Waals surface area contributed by atoms with Gasteiger partial charge in [0.25, 0.3) is 0 Å². The first-order valence-electron chi connectivity index (χ1n) is 6.73. The van der Waals surface area contributed by atoms with E-state index >= 15 is 0 Å². The van der Waals surface area contributed by atoms with E-state index < -0.39 is 5.97 Å². The number of aromatic nitrogens is 2. The number of nitrogens with zero attached hydrogens (tertiary/aromatic N) is 2. The zero-order valence-electron chi connectivity index (χ0n) is 10.9. The Morgan fingerprint density at radius 3 is 2.50 bits per heavy atom. The smallest absolute Gasteiger partial charge is 0.339 e. The predicted molar refractivity (Wildman–Crippen MR) is 79.8 cm³/mol. The fraction of sp³-hybridized carbons (Fsp3) is 0.333. The largest absolute Gasteiger partial charge is 0.478 e. The number of carboxylic acid groups (broad SMARTS) is 1. The molecule has 1 aromatic carbocycles. The van der Waals surface area contributed by atoms with Gasteiger partial charge in [0.05, 0.1) is 6.04 Å². The maximum Gasteiger partial charge on any atom is 0.339 e. The summed E-state index contributed by atoms with van der Waals surface area (Å²) in [5.41, 5.74) is 1.67. The average molecular weight is 335 g/mol. The highest BCUT2D eigenvalue weighted by Crippen LogP contribution is 2.32. The molecule has 0 radical (unpaired) electrons. The molecule has 0 aliphatic heterocycles. The summed E-state index contributed by atoms with van der Waals surface area (Å²) in [6.45, 7) is 0. The van der Waals surface area contributed by atoms with E-state index in [1.807, 2.05) is 28.9 Å². The number of hydrogen-bond acceptors (Lipinski definition) is 2. The van der Waals surface area contributed by atoms with E-state index in [0.29, 0.717) is 11.7 Å². The first-order valence-corrected chi connectivity index (χ1v) is 7.53. The van der Waals surface area contributed by atoms with Gasteiger partial charge >= 0.3 is 5.97 Å². The summed E-state index contributed by atoms with van der Waals surface area (Å²) < 4.78 is 2.81. The van der Waals surface area contributed by atoms with E-state index in [2.05, 4.69) is 21.0 Å². The standard InChI is InChI=1S/C15H15BrN2O2/c16-11-7-5-10(6-8-11)14-13(15(19)20)9-18(17-14)12-3-1-2-4-12/h5-9,12H,1-4H2,(H,19,20). The zero-order valence-corrected chi connectivity index (χ0v) is 12.5. The predicted octanol–water partition coefficient (Wildman–Crippen LogP) is 4.13. The van der Waals surface area contributed by atoms with Crippen LogP contribution >= 0.6 is 15.9 Å². The van der Waals surface area contributed by atoms with E-state index in [1.165, 1.54) is 12.8 Å². The third kappa shape index (κ3) is 2.50. The second-order valence-corrected chi connectivity index (χ2v) is 6.04. The van der Waals surface area contributed by atoms with E-state index in [1.54, 1.807) is 6.20 Å². The van der Waals surface area contributed by atoms with E-state index in [-0.39, 0.29) is 5.56 Å². The number of carboxylic acids is 1. The monoisotopic (exact) mass is 334 g/mol. The average Bonchev–Trinajstić information content (AvgIpc) is 3.08. The van der Waals surface area contributed by atoms with Gasteiger partial charge in [-0.15, -0.1) is 0 Å². The molecule has 0 amide bonds. The van der Waals surface area contributed by atoms with Gasteiger partial charge in [-0.2, -0.15) is 5.10 Å². The lowest BCUT2D eigenvalue weighted by molar-refractivity contribution is 0.0697. The first kappa shape index (κ1) is 13.4. The van der Waals surface area contributed by atoms with Crippen molar-refractivity contribution in [1.82, 2.24) is 9.78 Å². The topological polar surface area (TPSA) is 55.1 Å². The van der Waals surface area contributed by atoms with Crippen LogP contribution in [0, 0.1) is 0 Å². The fourth-order valence-corrected chi connectivity index (χ4v) is 2.99. The Morgan fingerprint density at radius 1 is 1.25 bits per heavy atom. The molecular weight excluding hydrogens is 320 g/mol. The summed E-state index contributed by atoms with van der Waals surface area (Å²) in [6.07, 6.45) is 6.23. The molecule has 0 bridgehead atoms. The zero-order chi connectivity index (χ0) is 14.1. The van der Waals surface area contributed by atoms with Crippen LogP contribution in [-0.2, 0) is 0 Å². The highest BCUT2D eigenvalue weighted by Gasteiger charge is 2.23. The van der Waals surface area contributed by atoms with Gasteiger partial charge in [0.15, 0.2) is 0 Å². The summed E-state index contributed by atoms with van der Waals surface area (Å²) in [7, 11) is 0. The second kappa shape index (κ2) is 5.40. The number of halogens is 1. The Bertz CT molecular complexity index is 628. The van der Waals surface area contributed by atoms with Crippen molar-refractivity contribution in [3.8, 4) is 11.3 Å². The van der Waals surface area contributed by atoms with Crippen molar-refractivity contribution in [2.75, 3.05) is 0 Å². The van der Waals surface area contributed by atoms with Crippen molar-refractivity contribution in [2.24, 2.45) is 0 Å². The van der Waals surface area contributed by atoms with Gasteiger partial charge in [-0.25, -0.2) is 4.79 Å². The van der Waals surface area contributed by atoms with E-state index in [4.69, 9.17) is 0 Å². The molecule has 4 nitrogen and oxygen atoms in total. The van der Waals surface area contributed by atoms with Crippen LogP contribution in [0.2, 0.25) is 0 Å². The van der Waals surface area contributed by atoms with E-state index in [9.17, 15) is 9.90 Å². The highest BCUT2D eigenvalue weighted by atomic mass is 79.9. The van der Waals surface area contributed by atoms with Crippen molar-refractivity contribution in [1.29, 1.82) is 0 Å². The van der Waals surface area contributed by atoms with Crippen LogP contribution < -0.4 is 0 Å². The van der Waals surface area contributed by atoms with Gasteiger partial charge in [-0.05, 0) is 25.0 Å². The summed E-state index contributed by atoms with van der Waals surface area (Å²) in [6, 6.07) is 7.91. The van der Waals surface area contributed by atoms with Crippen LogP contribution in [0.1, 0.15) is 42.1 Å². The van der Waals surface area contributed by atoms with Crippen molar-refractivity contribution >= 4 is 21.9 Å². The van der Waals surface area contributed by atoms with Crippen molar-refractivity contribution in [3.05, 3.63) is 40.5 Å². The Morgan fingerprint density at radius 2 is 1.90 bits per heavy atom. The normalized spacial score (nSPS) is 15.7. The summed E-state index contributed by atoms with van der Waals surface area (Å²) in [5, 5.41) is 13.9. The molecular formula is C15H15BrN2O2. The van der Waals surface area contributed by atoms with Gasteiger partial charge < -0.3 is 5.11 Å². The molecule has 104 valence electrons. The number of benzene rings is 1. The lowest BCUT2D eigenvalue weighted by Gasteiger charge is -2.08. The third-order valence-electron chi connectivity index (χ3n) is 3.78. The molecule has 3 rings (SSSR count). The maximum absolute atomic E-state index is 11.4. The fourth-order valence-electron chi connectivity index (χ4n) is 2.72. The van der Waals surface area contributed by atoms with Crippen LogP contribution in [0.3, 0.4) is 0 Å². The molecule has 1 saturated carbocycles. The van der Waals surface area contributed by atoms with Crippen molar-refractivity contribution < 1.29 is 9.90 Å². The quantitative estimate of drug-likeness (QED) is 0.918. The summed E-state index contributed by atoms with van der Waals surface area (Å²) in [5.74, 6) is -0.924. The van der Waals surface area contributed by atoms with Crippen LogP contribution in [-0.4, -0.2) is 20.9 Å². The minimum atomic E-state index is -0.924. The number of hydrogen-bond donors (Lipinski definition) is 1. The summed E-state index contributed by atoms with van der Waals surface area (Å²) >= 11 is 3.38. The van der Waals surface area contributed by atoms with Crippen LogP contribution in [0.5, 0.6) is 0 Å². The lowest BCUT2D eigenvalue weighted by atomic mass is 10.1. The Balaban J connectivity index is 2.04. The number of rotatable bonds is 3. The molecule has 5 heteroatoms. The number of carbonyl (C=O) groups is 1. The van der Waals surface area contributed by atoms with Crippen LogP contribution in [0.15, 0.2) is 34.9 Å². The molecule has 20 heavy (non-hydrogen) atoms. The minimum Gasteiger partial charge on any atom is -0.478 e. The Kier molecular flexibility index (Phi) is 3.61. The van der Waals surface area contributed by atoms with Gasteiger partial charge in [0.1, 0.15) is 11.3 Å². The van der Waals surface area contributed by atoms with Crippen molar-refractivity contribution in [3.63, 3.8) is 0 Å². The van der Waals surface area contributed by atoms with Crippen LogP contribution in [0.25, 0.3) is 11.3 Å². The summed E-state index contributed by atoms with van der Waals surface area (Å²) in [4.78, 5) is 11.4. The minimum absolute atomic E-state index is 0.277. The van der Waals surface area contributed by atoms with Gasteiger partial charge in [-0.1, -0.05) is 40.9 Å². The van der Waals surface area contributed by atoms with Gasteiger partial charge in [0, 0.05) is 16.2 Å². The lowest BCUT2D eigenvalue weighted by Crippen LogP contribution is -2.05.